The van der Waals surface area contributed by atoms with Gasteiger partial charge < -0.3 is 14.3 Å². The lowest BCUT2D eigenvalue weighted by molar-refractivity contribution is 0.412. The van der Waals surface area contributed by atoms with Crippen LogP contribution in [0.15, 0.2) is 71.9 Å². The average Bonchev–Trinajstić information content (AvgIpc) is 3.51. The number of aromatic nitrogens is 5. The molecule has 0 spiro atoms. The molecule has 0 radical (unpaired) electrons. The number of fused-ring (bicyclic) bond motifs is 1. The molecule has 2 aromatic carbocycles. The van der Waals surface area contributed by atoms with Gasteiger partial charge in [-0.05, 0) is 29.7 Å². The van der Waals surface area contributed by atoms with E-state index in [0.29, 0.717) is 17.2 Å². The fraction of sp³-hybridized carbons (Fsp3) is 0.250. The molecule has 0 bridgehead atoms. The molecule has 3 aromatic heterocycles. The van der Waals surface area contributed by atoms with Gasteiger partial charge in [0.25, 0.3) is 5.56 Å². The Bertz CT molecular complexity index is 1460. The van der Waals surface area contributed by atoms with Gasteiger partial charge in [0.2, 0.25) is 0 Å². The molecule has 0 fully saturated rings. The fourth-order valence-corrected chi connectivity index (χ4v) is 4.01. The van der Waals surface area contributed by atoms with Crippen molar-refractivity contribution in [1.82, 2.24) is 24.1 Å². The number of aromatic amines is 1. The summed E-state index contributed by atoms with van der Waals surface area (Å²) < 4.78 is 9.00. The predicted octanol–water partition coefficient (Wildman–Crippen LogP) is 6.13. The molecule has 0 atom stereocenters. The zero-order chi connectivity index (χ0) is 25.5. The van der Waals surface area contributed by atoms with Crippen molar-refractivity contribution < 1.29 is 4.74 Å². The zero-order valence-corrected chi connectivity index (χ0v) is 21.5. The van der Waals surface area contributed by atoms with Gasteiger partial charge in [0.05, 0.1) is 7.11 Å². The van der Waals surface area contributed by atoms with Gasteiger partial charge in [-0.1, -0.05) is 70.2 Å². The molecule has 0 amide bonds. The fourth-order valence-electron chi connectivity index (χ4n) is 4.01. The van der Waals surface area contributed by atoms with Crippen molar-refractivity contribution in [3.05, 3.63) is 83.0 Å². The highest BCUT2D eigenvalue weighted by molar-refractivity contribution is 5.95. The first-order valence-electron chi connectivity index (χ1n) is 11.9. The lowest BCUT2D eigenvalue weighted by Gasteiger charge is -2.11. The molecule has 7 nitrogen and oxygen atoms in total. The summed E-state index contributed by atoms with van der Waals surface area (Å²) in [5, 5.41) is 4.69. The summed E-state index contributed by atoms with van der Waals surface area (Å²) in [7, 11) is 3.52. The number of nitrogens with zero attached hydrogens (tertiary/aromatic N) is 4. The average molecular weight is 472 g/mol. The topological polar surface area (TPSA) is 77.2 Å². The van der Waals surface area contributed by atoms with Crippen LogP contribution in [0.5, 0.6) is 5.75 Å². The molecular formula is C28H33N5O2. The van der Waals surface area contributed by atoms with Crippen LogP contribution in [0.2, 0.25) is 0 Å². The Kier molecular flexibility index (Phi) is 8.25. The van der Waals surface area contributed by atoms with E-state index in [1.54, 1.807) is 17.8 Å². The largest absolute Gasteiger partial charge is 0.496 e. The van der Waals surface area contributed by atoms with E-state index in [0.717, 1.165) is 33.6 Å². The molecule has 0 aliphatic rings. The Hall–Kier alpha value is -4.13. The molecular weight excluding hydrogens is 438 g/mol. The van der Waals surface area contributed by atoms with Crippen LogP contribution in [0.25, 0.3) is 39.4 Å². The van der Waals surface area contributed by atoms with E-state index in [1.807, 2.05) is 107 Å². The number of methoxy groups -OCH3 is 1. The van der Waals surface area contributed by atoms with Crippen LogP contribution in [0.1, 0.15) is 33.3 Å². The van der Waals surface area contributed by atoms with Gasteiger partial charge in [0.1, 0.15) is 11.3 Å². The Morgan fingerprint density at radius 2 is 1.66 bits per heavy atom. The Morgan fingerprint density at radius 1 is 0.943 bits per heavy atom. The van der Waals surface area contributed by atoms with E-state index in [2.05, 4.69) is 9.97 Å². The molecule has 0 aliphatic heterocycles. The second-order valence-corrected chi connectivity index (χ2v) is 7.37. The first kappa shape index (κ1) is 25.5. The number of hydrogen-bond donors (Lipinski definition) is 1. The number of benzene rings is 2. The van der Waals surface area contributed by atoms with E-state index in [1.165, 1.54) is 0 Å². The van der Waals surface area contributed by atoms with Crippen LogP contribution < -0.4 is 10.3 Å². The number of ether oxygens (including phenoxy) is 1. The van der Waals surface area contributed by atoms with Crippen molar-refractivity contribution >= 4 is 5.52 Å². The monoisotopic (exact) mass is 471 g/mol. The lowest BCUT2D eigenvalue weighted by Crippen LogP contribution is -2.15. The molecule has 182 valence electrons. The smallest absolute Gasteiger partial charge is 0.276 e. The Balaban J connectivity index is 0.000000815. The second kappa shape index (κ2) is 11.3. The SMILES string of the molecule is CC.CC.COc1cccc(-c2cn3nc(-c4nccn4C)[nH]c(=O)c3c2-c2ccccc2)c1C. The maximum Gasteiger partial charge on any atom is 0.276 e. The van der Waals surface area contributed by atoms with Gasteiger partial charge >= 0.3 is 0 Å². The Labute approximate surface area is 206 Å². The minimum atomic E-state index is -0.223. The highest BCUT2D eigenvalue weighted by Crippen LogP contribution is 2.39. The van der Waals surface area contributed by atoms with Crippen molar-refractivity contribution in [3.63, 3.8) is 0 Å². The lowest BCUT2D eigenvalue weighted by atomic mass is 9.94. The maximum atomic E-state index is 13.3. The zero-order valence-electron chi connectivity index (χ0n) is 21.5. The van der Waals surface area contributed by atoms with Gasteiger partial charge in [0, 0.05) is 36.8 Å². The van der Waals surface area contributed by atoms with Crippen LogP contribution in [-0.2, 0) is 7.05 Å². The quantitative estimate of drug-likeness (QED) is 0.342. The predicted molar refractivity (Wildman–Crippen MR) is 143 cm³/mol. The summed E-state index contributed by atoms with van der Waals surface area (Å²) in [5.74, 6) is 1.80. The van der Waals surface area contributed by atoms with Gasteiger partial charge in [-0.25, -0.2) is 9.50 Å². The normalized spacial score (nSPS) is 10.3. The van der Waals surface area contributed by atoms with Crippen LogP contribution in [0.3, 0.4) is 0 Å². The van der Waals surface area contributed by atoms with E-state index < -0.39 is 0 Å². The maximum absolute atomic E-state index is 13.3. The highest BCUT2D eigenvalue weighted by atomic mass is 16.5. The Morgan fingerprint density at radius 3 is 2.29 bits per heavy atom. The number of H-pyrrole nitrogens is 1. The van der Waals surface area contributed by atoms with Gasteiger partial charge in [-0.3, -0.25) is 4.79 Å². The molecule has 35 heavy (non-hydrogen) atoms. The molecule has 5 rings (SSSR count). The van der Waals surface area contributed by atoms with Crippen molar-refractivity contribution in [3.8, 4) is 39.7 Å². The molecule has 5 aromatic rings. The molecule has 0 aliphatic carbocycles. The van der Waals surface area contributed by atoms with Crippen molar-refractivity contribution in [2.45, 2.75) is 34.6 Å². The van der Waals surface area contributed by atoms with Crippen LogP contribution >= 0.6 is 0 Å². The molecule has 3 heterocycles. The van der Waals surface area contributed by atoms with E-state index >= 15 is 0 Å². The number of rotatable bonds is 4. The minimum Gasteiger partial charge on any atom is -0.496 e. The van der Waals surface area contributed by atoms with Gasteiger partial charge in [-0.15, -0.1) is 5.10 Å². The summed E-state index contributed by atoms with van der Waals surface area (Å²) in [6.07, 6.45) is 5.40. The van der Waals surface area contributed by atoms with Crippen LogP contribution in [0, 0.1) is 6.92 Å². The van der Waals surface area contributed by atoms with Crippen molar-refractivity contribution in [2.24, 2.45) is 7.05 Å². The first-order valence-corrected chi connectivity index (χ1v) is 11.9. The standard InChI is InChI=1S/C24H21N5O2.2C2H6/c1-15-17(10-7-11-19(15)31-3)18-14-29-21(20(18)16-8-5-4-6-9-16)24(30)26-22(27-29)23-25-12-13-28(23)2;2*1-2/h4-14H,1-3H3,(H,26,27,30);2*1-2H3. The summed E-state index contributed by atoms with van der Waals surface area (Å²) in [4.78, 5) is 20.5. The first-order chi connectivity index (χ1) is 17.1. The molecule has 0 saturated carbocycles. The van der Waals surface area contributed by atoms with Gasteiger partial charge in [0.15, 0.2) is 11.6 Å². The number of hydrogen-bond acceptors (Lipinski definition) is 4. The third kappa shape index (κ3) is 4.75. The van der Waals surface area contributed by atoms with Crippen LogP contribution in [0.4, 0.5) is 0 Å². The summed E-state index contributed by atoms with van der Waals surface area (Å²) in [5.41, 5.74) is 4.94. The van der Waals surface area contributed by atoms with Gasteiger partial charge in [-0.2, -0.15) is 0 Å². The van der Waals surface area contributed by atoms with E-state index in [-0.39, 0.29) is 5.56 Å². The minimum absolute atomic E-state index is 0.223. The molecule has 1 N–H and O–H groups in total. The molecule has 0 saturated heterocycles. The van der Waals surface area contributed by atoms with Crippen LogP contribution in [-0.4, -0.2) is 31.3 Å². The number of imidazole rings is 1. The second-order valence-electron chi connectivity index (χ2n) is 7.37. The third-order valence-corrected chi connectivity index (χ3v) is 5.53. The number of aryl methyl sites for hydroxylation is 1. The highest BCUT2D eigenvalue weighted by Gasteiger charge is 2.21. The third-order valence-electron chi connectivity index (χ3n) is 5.53. The van der Waals surface area contributed by atoms with Crippen molar-refractivity contribution in [1.29, 1.82) is 0 Å². The van der Waals surface area contributed by atoms with E-state index in [4.69, 9.17) is 9.84 Å². The molecule has 7 heteroatoms. The summed E-state index contributed by atoms with van der Waals surface area (Å²) in [6, 6.07) is 15.8. The summed E-state index contributed by atoms with van der Waals surface area (Å²) >= 11 is 0. The van der Waals surface area contributed by atoms with Crippen molar-refractivity contribution in [2.75, 3.05) is 7.11 Å². The van der Waals surface area contributed by atoms with E-state index in [9.17, 15) is 4.79 Å². The summed E-state index contributed by atoms with van der Waals surface area (Å²) in [6.45, 7) is 10.0. The number of nitrogens with one attached hydrogen (secondary N) is 1. The molecule has 0 unspecified atom stereocenters.